The highest BCUT2D eigenvalue weighted by molar-refractivity contribution is 9.11. The molecule has 1 aromatic heterocycles. The van der Waals surface area contributed by atoms with Crippen LogP contribution in [0.15, 0.2) is 9.85 Å². The molecule has 15 heavy (non-hydrogen) atoms. The number of rotatable bonds is 3. The van der Waals surface area contributed by atoms with Crippen LogP contribution in [0, 0.1) is 5.41 Å². The number of hydrogen-bond donors (Lipinski definition) is 2. The monoisotopic (exact) mass is 288 g/mol. The van der Waals surface area contributed by atoms with Crippen molar-refractivity contribution in [3.05, 3.63) is 15.4 Å². The summed E-state index contributed by atoms with van der Waals surface area (Å²) >= 11 is 5.03. The molecular formula is C10H13BrN2OS. The molecule has 2 rings (SSSR count). The second-order valence-electron chi connectivity index (χ2n) is 3.48. The van der Waals surface area contributed by atoms with Gasteiger partial charge >= 0.3 is 0 Å². The minimum Gasteiger partial charge on any atom is -0.359 e. The molecule has 1 aliphatic rings. The van der Waals surface area contributed by atoms with Gasteiger partial charge in [0, 0.05) is 18.4 Å². The zero-order chi connectivity index (χ0) is 10.7. The molecule has 0 saturated carbocycles. The summed E-state index contributed by atoms with van der Waals surface area (Å²) in [5.41, 5.74) is 0.918. The summed E-state index contributed by atoms with van der Waals surface area (Å²) in [5, 5.41) is 11.6. The maximum absolute atomic E-state index is 7.30. The molecule has 1 saturated heterocycles. The number of anilines is 1. The van der Waals surface area contributed by atoms with Gasteiger partial charge in [0.25, 0.3) is 0 Å². The predicted octanol–water partition coefficient (Wildman–Crippen LogP) is 3.45. The van der Waals surface area contributed by atoms with Crippen LogP contribution in [-0.4, -0.2) is 19.0 Å². The van der Waals surface area contributed by atoms with Gasteiger partial charge in [0.1, 0.15) is 11.2 Å². The summed E-state index contributed by atoms with van der Waals surface area (Å²) in [7, 11) is 0. The molecule has 0 bridgehead atoms. The number of thiophene rings is 1. The third-order valence-corrected chi connectivity index (χ3v) is 3.94. The molecule has 3 nitrogen and oxygen atoms in total. The van der Waals surface area contributed by atoms with Gasteiger partial charge in [-0.25, -0.2) is 0 Å². The average Bonchev–Trinajstić information content (AvgIpc) is 2.60. The second kappa shape index (κ2) is 5.09. The van der Waals surface area contributed by atoms with E-state index in [2.05, 4.69) is 21.2 Å². The van der Waals surface area contributed by atoms with Crippen LogP contribution in [0.1, 0.15) is 24.8 Å². The summed E-state index contributed by atoms with van der Waals surface area (Å²) in [4.78, 5) is 0. The van der Waals surface area contributed by atoms with E-state index in [-0.39, 0.29) is 6.23 Å². The van der Waals surface area contributed by atoms with Crippen molar-refractivity contribution in [1.82, 2.24) is 0 Å². The van der Waals surface area contributed by atoms with Gasteiger partial charge in [0.15, 0.2) is 0 Å². The van der Waals surface area contributed by atoms with Crippen LogP contribution < -0.4 is 5.32 Å². The van der Waals surface area contributed by atoms with E-state index in [0.29, 0.717) is 0 Å². The van der Waals surface area contributed by atoms with Crippen LogP contribution in [0.2, 0.25) is 0 Å². The summed E-state index contributed by atoms with van der Waals surface area (Å²) in [6, 6.07) is 1.95. The van der Waals surface area contributed by atoms with E-state index >= 15 is 0 Å². The van der Waals surface area contributed by atoms with Gasteiger partial charge < -0.3 is 15.5 Å². The largest absolute Gasteiger partial charge is 0.359 e. The van der Waals surface area contributed by atoms with Crippen molar-refractivity contribution in [2.75, 3.05) is 11.9 Å². The van der Waals surface area contributed by atoms with Gasteiger partial charge in [-0.3, -0.25) is 0 Å². The molecule has 0 aliphatic carbocycles. The Balaban J connectivity index is 2.05. The molecule has 5 heteroatoms. The standard InChI is InChI=1S/C10H13BrN2OS/c11-8-5-7(6-12)10(15-8)13-9-3-1-2-4-14-9/h5-6,9,12-13H,1-4H2. The molecule has 1 aliphatic heterocycles. The van der Waals surface area contributed by atoms with Crippen LogP contribution in [0.5, 0.6) is 0 Å². The van der Waals surface area contributed by atoms with Gasteiger partial charge in [-0.15, -0.1) is 11.3 Å². The highest BCUT2D eigenvalue weighted by atomic mass is 79.9. The van der Waals surface area contributed by atoms with Crippen molar-refractivity contribution in [3.8, 4) is 0 Å². The van der Waals surface area contributed by atoms with E-state index in [0.717, 1.165) is 33.8 Å². The van der Waals surface area contributed by atoms with Crippen molar-refractivity contribution in [1.29, 1.82) is 5.41 Å². The third-order valence-electron chi connectivity index (χ3n) is 2.36. The molecule has 2 N–H and O–H groups in total. The quantitative estimate of drug-likeness (QED) is 0.837. The summed E-state index contributed by atoms with van der Waals surface area (Å²) in [6.07, 6.45) is 4.90. The highest BCUT2D eigenvalue weighted by Crippen LogP contribution is 2.32. The SMILES string of the molecule is N=Cc1cc(Br)sc1NC1CCCCO1. The van der Waals surface area contributed by atoms with Crippen LogP contribution in [0.4, 0.5) is 5.00 Å². The van der Waals surface area contributed by atoms with E-state index in [9.17, 15) is 0 Å². The molecule has 1 atom stereocenters. The van der Waals surface area contributed by atoms with E-state index < -0.39 is 0 Å². The minimum atomic E-state index is 0.114. The molecule has 1 aromatic rings. The zero-order valence-electron chi connectivity index (χ0n) is 8.25. The van der Waals surface area contributed by atoms with Crippen LogP contribution in [0.3, 0.4) is 0 Å². The minimum absolute atomic E-state index is 0.114. The molecule has 0 radical (unpaired) electrons. The van der Waals surface area contributed by atoms with Gasteiger partial charge in [-0.1, -0.05) is 0 Å². The molecule has 0 spiro atoms. The number of hydrogen-bond acceptors (Lipinski definition) is 4. The third kappa shape index (κ3) is 2.80. The first kappa shape index (κ1) is 11.1. The Morgan fingerprint density at radius 2 is 2.47 bits per heavy atom. The topological polar surface area (TPSA) is 45.1 Å². The Morgan fingerprint density at radius 3 is 3.13 bits per heavy atom. The molecule has 82 valence electrons. The molecule has 0 aromatic carbocycles. The van der Waals surface area contributed by atoms with Gasteiger partial charge in [-0.05, 0) is 41.3 Å². The van der Waals surface area contributed by atoms with Crippen LogP contribution >= 0.6 is 27.3 Å². The van der Waals surface area contributed by atoms with E-state index in [1.54, 1.807) is 11.3 Å². The van der Waals surface area contributed by atoms with Gasteiger partial charge in [0.05, 0.1) is 3.79 Å². The van der Waals surface area contributed by atoms with Gasteiger partial charge in [0.2, 0.25) is 0 Å². The summed E-state index contributed by atoms with van der Waals surface area (Å²) in [5.74, 6) is 0. The van der Waals surface area contributed by atoms with E-state index in [1.165, 1.54) is 12.6 Å². The average molecular weight is 289 g/mol. The molecule has 1 fully saturated rings. The molecule has 0 amide bonds. The highest BCUT2D eigenvalue weighted by Gasteiger charge is 2.15. The Morgan fingerprint density at radius 1 is 1.60 bits per heavy atom. The van der Waals surface area contributed by atoms with Gasteiger partial charge in [-0.2, -0.15) is 0 Å². The zero-order valence-corrected chi connectivity index (χ0v) is 10.7. The van der Waals surface area contributed by atoms with Crippen molar-refractivity contribution >= 4 is 38.5 Å². The lowest BCUT2D eigenvalue weighted by Crippen LogP contribution is -2.27. The second-order valence-corrected chi connectivity index (χ2v) is 5.91. The smallest absolute Gasteiger partial charge is 0.128 e. The fourth-order valence-corrected chi connectivity index (χ4v) is 3.13. The molecule has 2 heterocycles. The predicted molar refractivity (Wildman–Crippen MR) is 67.1 cm³/mol. The van der Waals surface area contributed by atoms with Crippen molar-refractivity contribution in [3.63, 3.8) is 0 Å². The maximum atomic E-state index is 7.30. The van der Waals surface area contributed by atoms with E-state index in [1.807, 2.05) is 6.07 Å². The van der Waals surface area contributed by atoms with Crippen molar-refractivity contribution in [2.24, 2.45) is 0 Å². The van der Waals surface area contributed by atoms with E-state index in [4.69, 9.17) is 10.1 Å². The summed E-state index contributed by atoms with van der Waals surface area (Å²) in [6.45, 7) is 0.837. The number of halogens is 1. The summed E-state index contributed by atoms with van der Waals surface area (Å²) < 4.78 is 6.64. The van der Waals surface area contributed by atoms with Crippen molar-refractivity contribution in [2.45, 2.75) is 25.5 Å². The number of nitrogens with one attached hydrogen (secondary N) is 2. The lowest BCUT2D eigenvalue weighted by atomic mass is 10.2. The lowest BCUT2D eigenvalue weighted by molar-refractivity contribution is 0.0345. The fraction of sp³-hybridized carbons (Fsp3) is 0.500. The molecular weight excluding hydrogens is 276 g/mol. The first-order chi connectivity index (χ1) is 7.29. The van der Waals surface area contributed by atoms with Crippen LogP contribution in [-0.2, 0) is 4.74 Å². The normalized spacial score (nSPS) is 21.3. The Hall–Kier alpha value is -0.390. The Bertz CT molecular complexity index is 347. The maximum Gasteiger partial charge on any atom is 0.128 e. The van der Waals surface area contributed by atoms with Crippen molar-refractivity contribution < 1.29 is 4.74 Å². The lowest BCUT2D eigenvalue weighted by Gasteiger charge is -2.23. The Labute approximate surface area is 101 Å². The first-order valence-electron chi connectivity index (χ1n) is 4.97. The number of ether oxygens (including phenoxy) is 1. The van der Waals surface area contributed by atoms with Crippen LogP contribution in [0.25, 0.3) is 0 Å². The Kier molecular flexibility index (Phi) is 3.77. The fourth-order valence-electron chi connectivity index (χ4n) is 1.59. The molecule has 1 unspecified atom stereocenters. The first-order valence-corrected chi connectivity index (χ1v) is 6.58.